The molecule has 8 heteroatoms. The summed E-state index contributed by atoms with van der Waals surface area (Å²) in [5.74, 6) is 0.487. The van der Waals surface area contributed by atoms with Crippen molar-refractivity contribution in [3.05, 3.63) is 90.0 Å². The van der Waals surface area contributed by atoms with E-state index in [-0.39, 0.29) is 5.91 Å². The molecule has 5 aromatic rings. The van der Waals surface area contributed by atoms with Crippen molar-refractivity contribution in [2.45, 2.75) is 13.5 Å². The van der Waals surface area contributed by atoms with Crippen LogP contribution in [-0.2, 0) is 13.6 Å². The number of nitrogens with zero attached hydrogens (tertiary/aromatic N) is 6. The number of pyridine rings is 2. The Morgan fingerprint density at radius 3 is 2.69 bits per heavy atom. The van der Waals surface area contributed by atoms with Crippen LogP contribution in [0.4, 0.5) is 0 Å². The van der Waals surface area contributed by atoms with Crippen LogP contribution in [0.3, 0.4) is 0 Å². The number of fused-ring (bicyclic) bond motifs is 1. The molecule has 1 amide bonds. The third-order valence-corrected chi connectivity index (χ3v) is 5.31. The molecule has 0 saturated heterocycles. The van der Waals surface area contributed by atoms with Gasteiger partial charge in [0.25, 0.3) is 5.91 Å². The van der Waals surface area contributed by atoms with Gasteiger partial charge in [-0.1, -0.05) is 36.4 Å². The molecule has 1 aromatic carbocycles. The quantitative estimate of drug-likeness (QED) is 0.468. The summed E-state index contributed by atoms with van der Waals surface area (Å²) in [6, 6.07) is 17.3. The largest absolute Gasteiger partial charge is 0.348 e. The van der Waals surface area contributed by atoms with Gasteiger partial charge in [-0.15, -0.1) is 0 Å². The molecule has 32 heavy (non-hydrogen) atoms. The standard InChI is InChI=1S/C24H21N7O/c1-16-21-19(14-20(17-8-4-3-5-9-17)28-23(21)30(2)29-16)24(32)26-15-18-10-6-11-25-22(18)31-13-7-12-27-31/h3-14H,15H2,1-2H3,(H,26,32). The summed E-state index contributed by atoms with van der Waals surface area (Å²) in [5.41, 5.74) is 4.51. The first-order chi connectivity index (χ1) is 15.6. The molecule has 0 spiro atoms. The Hall–Kier alpha value is -4.33. The minimum Gasteiger partial charge on any atom is -0.348 e. The summed E-state index contributed by atoms with van der Waals surface area (Å²) >= 11 is 0. The monoisotopic (exact) mass is 423 g/mol. The molecule has 0 bridgehead atoms. The molecular weight excluding hydrogens is 402 g/mol. The van der Waals surface area contributed by atoms with Crippen LogP contribution in [0.15, 0.2) is 73.2 Å². The molecule has 5 rings (SSSR count). The summed E-state index contributed by atoms with van der Waals surface area (Å²) < 4.78 is 3.40. The van der Waals surface area contributed by atoms with E-state index in [0.29, 0.717) is 23.6 Å². The topological polar surface area (TPSA) is 90.5 Å². The maximum Gasteiger partial charge on any atom is 0.252 e. The number of benzene rings is 1. The lowest BCUT2D eigenvalue weighted by Crippen LogP contribution is -2.24. The van der Waals surface area contributed by atoms with E-state index in [1.165, 1.54) is 0 Å². The first kappa shape index (κ1) is 19.6. The van der Waals surface area contributed by atoms with Gasteiger partial charge in [-0.3, -0.25) is 9.48 Å². The van der Waals surface area contributed by atoms with E-state index in [1.54, 1.807) is 21.8 Å². The first-order valence-corrected chi connectivity index (χ1v) is 10.2. The van der Waals surface area contributed by atoms with Gasteiger partial charge in [0.2, 0.25) is 0 Å². The van der Waals surface area contributed by atoms with E-state index in [0.717, 1.165) is 27.9 Å². The van der Waals surface area contributed by atoms with E-state index in [9.17, 15) is 4.79 Å². The zero-order valence-electron chi connectivity index (χ0n) is 17.7. The van der Waals surface area contributed by atoms with Gasteiger partial charge in [-0.25, -0.2) is 14.6 Å². The molecule has 0 aliphatic rings. The van der Waals surface area contributed by atoms with Crippen molar-refractivity contribution in [3.63, 3.8) is 0 Å². The van der Waals surface area contributed by atoms with Crippen molar-refractivity contribution in [3.8, 4) is 17.1 Å². The van der Waals surface area contributed by atoms with Crippen LogP contribution in [0.25, 0.3) is 28.1 Å². The molecule has 0 aliphatic carbocycles. The highest BCUT2D eigenvalue weighted by molar-refractivity contribution is 6.07. The molecular formula is C24H21N7O. The van der Waals surface area contributed by atoms with Crippen LogP contribution in [-0.4, -0.2) is 35.4 Å². The summed E-state index contributed by atoms with van der Waals surface area (Å²) in [7, 11) is 1.84. The Morgan fingerprint density at radius 2 is 1.91 bits per heavy atom. The number of carbonyl (C=O) groups is 1. The number of nitrogens with one attached hydrogen (secondary N) is 1. The molecule has 4 heterocycles. The van der Waals surface area contributed by atoms with Crippen LogP contribution in [0.1, 0.15) is 21.6 Å². The van der Waals surface area contributed by atoms with Gasteiger partial charge < -0.3 is 5.32 Å². The average Bonchev–Trinajstić information content (AvgIpc) is 3.46. The highest BCUT2D eigenvalue weighted by Gasteiger charge is 2.19. The smallest absolute Gasteiger partial charge is 0.252 e. The van der Waals surface area contributed by atoms with Crippen LogP contribution in [0, 0.1) is 6.92 Å². The van der Waals surface area contributed by atoms with Gasteiger partial charge in [0.05, 0.1) is 22.3 Å². The Labute approximate surface area is 184 Å². The Balaban J connectivity index is 1.52. The number of aryl methyl sites for hydroxylation is 2. The van der Waals surface area contributed by atoms with Gasteiger partial charge >= 0.3 is 0 Å². The molecule has 0 radical (unpaired) electrons. The predicted molar refractivity (Wildman–Crippen MR) is 121 cm³/mol. The fourth-order valence-electron chi connectivity index (χ4n) is 3.82. The molecule has 158 valence electrons. The van der Waals surface area contributed by atoms with Crippen molar-refractivity contribution < 1.29 is 4.79 Å². The van der Waals surface area contributed by atoms with Gasteiger partial charge in [-0.05, 0) is 25.1 Å². The van der Waals surface area contributed by atoms with Gasteiger partial charge in [0.1, 0.15) is 0 Å². The van der Waals surface area contributed by atoms with Crippen molar-refractivity contribution in [1.82, 2.24) is 34.8 Å². The van der Waals surface area contributed by atoms with Crippen LogP contribution in [0.2, 0.25) is 0 Å². The van der Waals surface area contributed by atoms with E-state index in [2.05, 4.69) is 20.5 Å². The first-order valence-electron chi connectivity index (χ1n) is 10.2. The minimum absolute atomic E-state index is 0.194. The van der Waals surface area contributed by atoms with Gasteiger partial charge in [0.15, 0.2) is 11.5 Å². The second-order valence-corrected chi connectivity index (χ2v) is 7.45. The third-order valence-electron chi connectivity index (χ3n) is 5.31. The highest BCUT2D eigenvalue weighted by Crippen LogP contribution is 2.27. The Bertz CT molecular complexity index is 1410. The lowest BCUT2D eigenvalue weighted by Gasteiger charge is -2.11. The van der Waals surface area contributed by atoms with Gasteiger partial charge in [0, 0.05) is 43.3 Å². The average molecular weight is 423 g/mol. The third kappa shape index (κ3) is 3.51. The number of aromatic nitrogens is 6. The number of rotatable bonds is 5. The number of carbonyl (C=O) groups excluding carboxylic acids is 1. The zero-order valence-corrected chi connectivity index (χ0v) is 17.7. The molecule has 0 saturated carbocycles. The van der Waals surface area contributed by atoms with E-state index < -0.39 is 0 Å². The van der Waals surface area contributed by atoms with E-state index >= 15 is 0 Å². The van der Waals surface area contributed by atoms with Crippen LogP contribution >= 0.6 is 0 Å². The van der Waals surface area contributed by atoms with Crippen LogP contribution < -0.4 is 5.32 Å². The molecule has 0 fully saturated rings. The minimum atomic E-state index is -0.194. The maximum absolute atomic E-state index is 13.4. The van der Waals surface area contributed by atoms with E-state index in [1.807, 2.05) is 74.8 Å². The molecule has 0 aliphatic heterocycles. The normalized spacial score (nSPS) is 11.1. The van der Waals surface area contributed by atoms with Crippen molar-refractivity contribution >= 4 is 16.9 Å². The molecule has 1 N–H and O–H groups in total. The number of amides is 1. The summed E-state index contributed by atoms with van der Waals surface area (Å²) in [6.07, 6.45) is 5.23. The maximum atomic E-state index is 13.4. The predicted octanol–water partition coefficient (Wildman–Crippen LogP) is 3.45. The lowest BCUT2D eigenvalue weighted by molar-refractivity contribution is 0.0952. The fraction of sp³-hybridized carbons (Fsp3) is 0.125. The van der Waals surface area contributed by atoms with Crippen molar-refractivity contribution in [2.24, 2.45) is 7.05 Å². The number of hydrogen-bond acceptors (Lipinski definition) is 5. The van der Waals surface area contributed by atoms with E-state index in [4.69, 9.17) is 4.98 Å². The lowest BCUT2D eigenvalue weighted by atomic mass is 10.0. The SMILES string of the molecule is Cc1nn(C)c2nc(-c3ccccc3)cc(C(=O)NCc3cccnc3-n3cccn3)c12. The number of hydrogen-bond donors (Lipinski definition) is 1. The molecule has 4 aromatic heterocycles. The highest BCUT2D eigenvalue weighted by atomic mass is 16.1. The second-order valence-electron chi connectivity index (χ2n) is 7.45. The van der Waals surface area contributed by atoms with Crippen LogP contribution in [0.5, 0.6) is 0 Å². The summed E-state index contributed by atoms with van der Waals surface area (Å²) in [6.45, 7) is 2.20. The Kier molecular flexibility index (Phi) is 4.95. The molecule has 8 nitrogen and oxygen atoms in total. The summed E-state index contributed by atoms with van der Waals surface area (Å²) in [5, 5.41) is 12.5. The summed E-state index contributed by atoms with van der Waals surface area (Å²) in [4.78, 5) is 22.5. The molecule has 0 atom stereocenters. The van der Waals surface area contributed by atoms with Gasteiger partial charge in [-0.2, -0.15) is 10.2 Å². The fourth-order valence-corrected chi connectivity index (χ4v) is 3.82. The Morgan fingerprint density at radius 1 is 1.06 bits per heavy atom. The van der Waals surface area contributed by atoms with Crippen molar-refractivity contribution in [1.29, 1.82) is 0 Å². The van der Waals surface area contributed by atoms with Crippen molar-refractivity contribution in [2.75, 3.05) is 0 Å². The zero-order chi connectivity index (χ0) is 22.1. The second kappa shape index (κ2) is 8.07. The molecule has 0 unspecified atom stereocenters.